The van der Waals surface area contributed by atoms with Crippen LogP contribution in [0.4, 0.5) is 0 Å². The number of hydrogen-bond donors (Lipinski definition) is 1. The number of amides is 2. The fraction of sp³-hybridized carbons (Fsp3) is 0.533. The number of piperazine rings is 1. The predicted molar refractivity (Wildman–Crippen MR) is 153 cm³/mol. The van der Waals surface area contributed by atoms with Crippen molar-refractivity contribution < 1.29 is 28.5 Å². The van der Waals surface area contributed by atoms with Crippen LogP contribution in [0.25, 0.3) is 0 Å². The Bertz CT molecular complexity index is 1200. The second kappa shape index (κ2) is 13.2. The molecule has 1 N–H and O–H groups in total. The molecule has 2 aliphatic heterocycles. The van der Waals surface area contributed by atoms with E-state index in [-0.39, 0.29) is 11.8 Å². The number of methoxy groups -OCH3 is 4. The molecule has 0 unspecified atom stereocenters. The van der Waals surface area contributed by atoms with Crippen molar-refractivity contribution in [3.63, 3.8) is 0 Å². The van der Waals surface area contributed by atoms with E-state index in [1.165, 1.54) is 7.11 Å². The fourth-order valence-electron chi connectivity index (χ4n) is 5.74. The van der Waals surface area contributed by atoms with Crippen LogP contribution in [-0.4, -0.2) is 108 Å². The van der Waals surface area contributed by atoms with Crippen LogP contribution in [0.5, 0.6) is 23.0 Å². The van der Waals surface area contributed by atoms with E-state index in [9.17, 15) is 9.59 Å². The molecule has 0 saturated carbocycles. The van der Waals surface area contributed by atoms with Crippen molar-refractivity contribution >= 4 is 11.8 Å². The second-order valence-corrected chi connectivity index (χ2v) is 10.2. The van der Waals surface area contributed by atoms with E-state index in [1.54, 1.807) is 51.5 Å². The first-order chi connectivity index (χ1) is 19.4. The predicted octanol–water partition coefficient (Wildman–Crippen LogP) is 2.78. The lowest BCUT2D eigenvalue weighted by atomic mass is 9.79. The van der Waals surface area contributed by atoms with Crippen LogP contribution in [0.1, 0.15) is 46.8 Å². The molecule has 10 heteroatoms. The van der Waals surface area contributed by atoms with Crippen molar-refractivity contribution in [2.45, 2.75) is 25.3 Å². The van der Waals surface area contributed by atoms with Gasteiger partial charge in [-0.2, -0.15) is 0 Å². The number of ether oxygens (including phenoxy) is 4. The molecule has 1 fully saturated rings. The van der Waals surface area contributed by atoms with Gasteiger partial charge in [0.05, 0.1) is 40.4 Å². The molecule has 0 spiro atoms. The molecule has 2 atom stereocenters. The van der Waals surface area contributed by atoms with Crippen molar-refractivity contribution in [3.8, 4) is 23.0 Å². The maximum absolute atomic E-state index is 14.0. The van der Waals surface area contributed by atoms with E-state index >= 15 is 0 Å². The molecule has 2 aliphatic rings. The van der Waals surface area contributed by atoms with Crippen LogP contribution in [0.3, 0.4) is 0 Å². The maximum atomic E-state index is 14.0. The Balaban J connectivity index is 1.62. The number of carbonyl (C=O) groups excluding carboxylic acids is 2. The Morgan fingerprint density at radius 2 is 1.48 bits per heavy atom. The monoisotopic (exact) mass is 554 g/mol. The maximum Gasteiger partial charge on any atom is 0.254 e. The summed E-state index contributed by atoms with van der Waals surface area (Å²) in [7, 11) is 7.93. The number of fused-ring (bicyclic) bond motifs is 1. The molecule has 2 aromatic rings. The highest BCUT2D eigenvalue weighted by Gasteiger charge is 2.43. The van der Waals surface area contributed by atoms with Gasteiger partial charge in [0.2, 0.25) is 5.91 Å². The van der Waals surface area contributed by atoms with Crippen LogP contribution in [0.2, 0.25) is 0 Å². The smallest absolute Gasteiger partial charge is 0.254 e. The summed E-state index contributed by atoms with van der Waals surface area (Å²) in [6.45, 7) is 9.02. The summed E-state index contributed by atoms with van der Waals surface area (Å²) in [6.07, 6.45) is 0.846. The van der Waals surface area contributed by atoms with Crippen LogP contribution < -0.4 is 24.3 Å². The summed E-state index contributed by atoms with van der Waals surface area (Å²) >= 11 is 0. The number of carbonyl (C=O) groups is 2. The Labute approximate surface area is 237 Å². The Morgan fingerprint density at radius 3 is 2.10 bits per heavy atom. The molecule has 0 bridgehead atoms. The van der Waals surface area contributed by atoms with Crippen molar-refractivity contribution in [1.29, 1.82) is 0 Å². The topological polar surface area (TPSA) is 92.8 Å². The minimum Gasteiger partial charge on any atom is -0.493 e. The van der Waals surface area contributed by atoms with Crippen molar-refractivity contribution in [3.05, 3.63) is 47.0 Å². The molecule has 2 amide bonds. The number of nitrogens with one attached hydrogen (secondary N) is 1. The van der Waals surface area contributed by atoms with Crippen molar-refractivity contribution in [2.24, 2.45) is 0 Å². The van der Waals surface area contributed by atoms with E-state index in [2.05, 4.69) is 22.0 Å². The van der Waals surface area contributed by atoms with Gasteiger partial charge in [-0.3, -0.25) is 9.59 Å². The third kappa shape index (κ3) is 5.97. The molecule has 1 saturated heterocycles. The van der Waals surface area contributed by atoms with Gasteiger partial charge < -0.3 is 39.0 Å². The number of benzene rings is 2. The molecule has 0 aliphatic carbocycles. The van der Waals surface area contributed by atoms with Gasteiger partial charge >= 0.3 is 0 Å². The molecule has 0 radical (unpaired) electrons. The largest absolute Gasteiger partial charge is 0.493 e. The van der Waals surface area contributed by atoms with Crippen LogP contribution in [-0.2, 0) is 4.79 Å². The van der Waals surface area contributed by atoms with Crippen LogP contribution in [0.15, 0.2) is 30.3 Å². The highest BCUT2D eigenvalue weighted by molar-refractivity contribution is 6.02. The van der Waals surface area contributed by atoms with Crippen molar-refractivity contribution in [1.82, 2.24) is 20.0 Å². The molecular formula is C30H42N4O6. The summed E-state index contributed by atoms with van der Waals surface area (Å²) in [4.78, 5) is 34.1. The number of hydrogen-bond acceptors (Lipinski definition) is 8. The number of likely N-dealkylation sites (N-methyl/N-ethyl adjacent to an activating group) is 2. The highest BCUT2D eigenvalue weighted by atomic mass is 16.5. The van der Waals surface area contributed by atoms with Crippen LogP contribution in [0, 0.1) is 0 Å². The SMILES string of the molecule is CCN1CCN(CCCNC(=O)[C@@H]2c3cc(OC)c(OC)cc3C(=O)N(C)[C@@H]2c2ccc(OC)c(OC)c2)CC1. The Kier molecular flexibility index (Phi) is 9.76. The van der Waals surface area contributed by atoms with Gasteiger partial charge in [0.15, 0.2) is 23.0 Å². The number of nitrogens with zero attached hydrogens (tertiary/aromatic N) is 3. The minimum absolute atomic E-state index is 0.150. The second-order valence-electron chi connectivity index (χ2n) is 10.2. The van der Waals surface area contributed by atoms with E-state index in [0.717, 1.165) is 51.3 Å². The minimum atomic E-state index is -0.677. The van der Waals surface area contributed by atoms with Gasteiger partial charge in [0, 0.05) is 45.3 Å². The molecule has 10 nitrogen and oxygen atoms in total. The third-order valence-electron chi connectivity index (χ3n) is 8.07. The zero-order chi connectivity index (χ0) is 28.8. The lowest BCUT2D eigenvalue weighted by Crippen LogP contribution is -2.47. The van der Waals surface area contributed by atoms with E-state index in [1.807, 2.05) is 12.1 Å². The van der Waals surface area contributed by atoms with Gasteiger partial charge in [0.1, 0.15) is 0 Å². The first-order valence-electron chi connectivity index (χ1n) is 13.8. The molecular weight excluding hydrogens is 512 g/mol. The summed E-state index contributed by atoms with van der Waals surface area (Å²) in [5.74, 6) is 0.978. The normalized spacial score (nSPS) is 19.6. The number of rotatable bonds is 11. The zero-order valence-corrected chi connectivity index (χ0v) is 24.5. The lowest BCUT2D eigenvalue weighted by Gasteiger charge is -2.40. The van der Waals surface area contributed by atoms with Gasteiger partial charge in [0.25, 0.3) is 5.91 Å². The fourth-order valence-corrected chi connectivity index (χ4v) is 5.74. The lowest BCUT2D eigenvalue weighted by molar-refractivity contribution is -0.124. The summed E-state index contributed by atoms with van der Waals surface area (Å²) in [6, 6.07) is 8.34. The summed E-state index contributed by atoms with van der Waals surface area (Å²) < 4.78 is 22.0. The molecule has 218 valence electrons. The van der Waals surface area contributed by atoms with Crippen LogP contribution >= 0.6 is 0 Å². The van der Waals surface area contributed by atoms with Gasteiger partial charge in [-0.05, 0) is 54.9 Å². The summed E-state index contributed by atoms with van der Waals surface area (Å²) in [5.41, 5.74) is 1.79. The van der Waals surface area contributed by atoms with E-state index in [4.69, 9.17) is 18.9 Å². The van der Waals surface area contributed by atoms with Crippen molar-refractivity contribution in [2.75, 3.05) is 81.3 Å². The molecule has 2 aromatic carbocycles. The average Bonchev–Trinajstić information content (AvgIpc) is 3.00. The molecule has 2 heterocycles. The standard InChI is InChI=1S/C30H42N4O6/c1-7-33-13-15-34(16-14-33)12-8-11-31-29(35)27-21-18-25(39-5)26(40-6)19-22(21)30(36)32(2)28(27)20-9-10-23(37-3)24(17-20)38-4/h9-10,17-19,27-28H,7-8,11-16H2,1-6H3,(H,31,35)/t27-,28-/m1/s1. The first-order valence-corrected chi connectivity index (χ1v) is 13.8. The van der Waals surface area contributed by atoms with Gasteiger partial charge in [-0.15, -0.1) is 0 Å². The first kappa shape index (κ1) is 29.5. The quantitative estimate of drug-likeness (QED) is 0.424. The molecule has 4 rings (SSSR count). The molecule has 0 aromatic heterocycles. The van der Waals surface area contributed by atoms with E-state index < -0.39 is 12.0 Å². The Hall–Kier alpha value is -3.50. The third-order valence-corrected chi connectivity index (χ3v) is 8.07. The average molecular weight is 555 g/mol. The molecule has 40 heavy (non-hydrogen) atoms. The van der Waals surface area contributed by atoms with Gasteiger partial charge in [-0.1, -0.05) is 13.0 Å². The Morgan fingerprint density at radius 1 is 0.875 bits per heavy atom. The zero-order valence-electron chi connectivity index (χ0n) is 24.5. The summed E-state index contributed by atoms with van der Waals surface area (Å²) in [5, 5.41) is 3.16. The van der Waals surface area contributed by atoms with E-state index in [0.29, 0.717) is 40.7 Å². The highest BCUT2D eigenvalue weighted by Crippen LogP contribution is 2.46. The van der Waals surface area contributed by atoms with Gasteiger partial charge in [-0.25, -0.2) is 0 Å².